The summed E-state index contributed by atoms with van der Waals surface area (Å²) < 4.78 is 43.0. The van der Waals surface area contributed by atoms with Crippen molar-refractivity contribution in [3.05, 3.63) is 23.9 Å². The summed E-state index contributed by atoms with van der Waals surface area (Å²) in [5, 5.41) is 7.67. The number of piperidine rings is 1. The fraction of sp³-hybridized carbons (Fsp3) is 0.739. The molecule has 2 aliphatic heterocycles. The van der Waals surface area contributed by atoms with Gasteiger partial charge in [-0.05, 0) is 44.4 Å². The summed E-state index contributed by atoms with van der Waals surface area (Å²) in [5.74, 6) is 0.617. The van der Waals surface area contributed by atoms with Crippen molar-refractivity contribution in [2.24, 2.45) is 11.8 Å². The van der Waals surface area contributed by atoms with E-state index in [4.69, 9.17) is 0 Å². The third kappa shape index (κ3) is 4.62. The fourth-order valence-corrected chi connectivity index (χ4v) is 5.09. The first-order valence-corrected chi connectivity index (χ1v) is 11.4. The van der Waals surface area contributed by atoms with Gasteiger partial charge in [-0.3, -0.25) is 4.79 Å². The van der Waals surface area contributed by atoms with Crippen molar-refractivity contribution in [2.75, 3.05) is 18.4 Å². The number of hydrogen-bond donors (Lipinski definition) is 1. The second-order valence-corrected chi connectivity index (χ2v) is 10.3. The number of alkyl halides is 3. The number of carbonyl (C=O) groups excluding carboxylic acids is 1. The van der Waals surface area contributed by atoms with E-state index in [0.717, 1.165) is 36.8 Å². The van der Waals surface area contributed by atoms with Crippen LogP contribution in [-0.4, -0.2) is 45.9 Å². The Morgan fingerprint density at radius 2 is 1.97 bits per heavy atom. The van der Waals surface area contributed by atoms with Gasteiger partial charge in [0.15, 0.2) is 6.04 Å². The van der Waals surface area contributed by atoms with E-state index >= 15 is 0 Å². The van der Waals surface area contributed by atoms with E-state index in [1.807, 2.05) is 25.7 Å². The molecule has 1 aromatic heterocycles. The third-order valence-electron chi connectivity index (χ3n) is 6.94. The van der Waals surface area contributed by atoms with Crippen LogP contribution >= 0.6 is 0 Å². The normalized spacial score (nSPS) is 29.4. The molecule has 1 saturated heterocycles. The van der Waals surface area contributed by atoms with Crippen molar-refractivity contribution < 1.29 is 18.0 Å². The molecular weight excluding hydrogens is 405 g/mol. The van der Waals surface area contributed by atoms with Gasteiger partial charge in [0.25, 0.3) is 0 Å². The summed E-state index contributed by atoms with van der Waals surface area (Å²) in [6.45, 7) is 7.09. The van der Waals surface area contributed by atoms with Crippen LogP contribution < -0.4 is 5.32 Å². The van der Waals surface area contributed by atoms with Crippen LogP contribution in [0.25, 0.3) is 0 Å². The zero-order valence-electron chi connectivity index (χ0n) is 18.6. The van der Waals surface area contributed by atoms with Gasteiger partial charge < -0.3 is 10.2 Å². The molecule has 0 aromatic carbocycles. The van der Waals surface area contributed by atoms with Crippen LogP contribution in [0, 0.1) is 11.8 Å². The van der Waals surface area contributed by atoms with Crippen LogP contribution in [0.1, 0.15) is 71.0 Å². The molecule has 1 aliphatic carbocycles. The topological polar surface area (TPSA) is 50.2 Å². The number of carbonyl (C=O) groups is 1. The Labute approximate surface area is 182 Å². The summed E-state index contributed by atoms with van der Waals surface area (Å²) in [6, 6.07) is -0.213. The maximum Gasteiger partial charge on any atom is 0.410 e. The second kappa shape index (κ2) is 8.17. The monoisotopic (exact) mass is 438 g/mol. The zero-order valence-corrected chi connectivity index (χ0v) is 18.6. The Balaban J connectivity index is 1.53. The molecule has 0 unspecified atom stereocenters. The predicted molar refractivity (Wildman–Crippen MR) is 114 cm³/mol. The van der Waals surface area contributed by atoms with E-state index in [1.54, 1.807) is 6.07 Å². The van der Waals surface area contributed by atoms with Crippen LogP contribution in [0.15, 0.2) is 18.2 Å². The molecule has 1 amide bonds. The number of halogens is 3. The lowest BCUT2D eigenvalue weighted by molar-refractivity contribution is -0.175. The molecule has 31 heavy (non-hydrogen) atoms. The van der Waals surface area contributed by atoms with Gasteiger partial charge in [-0.1, -0.05) is 32.9 Å². The van der Waals surface area contributed by atoms with Gasteiger partial charge in [-0.2, -0.15) is 18.3 Å². The Hall–Kier alpha value is -1.99. The van der Waals surface area contributed by atoms with E-state index in [-0.39, 0.29) is 35.6 Å². The third-order valence-corrected chi connectivity index (χ3v) is 6.94. The highest BCUT2D eigenvalue weighted by Crippen LogP contribution is 2.43. The Bertz CT molecular complexity index is 839. The van der Waals surface area contributed by atoms with E-state index in [2.05, 4.69) is 22.6 Å². The quantitative estimate of drug-likeness (QED) is 0.657. The summed E-state index contributed by atoms with van der Waals surface area (Å²) in [5.41, 5.74) is 0.316. The molecule has 0 saturated carbocycles. The highest BCUT2D eigenvalue weighted by Gasteiger charge is 2.48. The molecule has 1 fully saturated rings. The van der Waals surface area contributed by atoms with Gasteiger partial charge in [-0.25, -0.2) is 4.68 Å². The maximum absolute atomic E-state index is 14.0. The largest absolute Gasteiger partial charge is 0.410 e. The van der Waals surface area contributed by atoms with Crippen LogP contribution in [0.4, 0.5) is 19.0 Å². The standard InChI is InChI=1S/C23H33F3N4O/c1-22(2,3)18-13-20-27-17(12-19(23(24,25)26)30(20)28-18)16-10-7-11-29(14-16)21(31)15-8-5-4-6-9-15/h4-5,13,15-17,19,27H,6-12,14H2,1-3H3/t15-,16-,17+,19-/m1/s1. The Morgan fingerprint density at radius 3 is 2.61 bits per heavy atom. The van der Waals surface area contributed by atoms with Gasteiger partial charge in [-0.15, -0.1) is 0 Å². The van der Waals surface area contributed by atoms with Gasteiger partial charge in [0.05, 0.1) is 5.69 Å². The molecule has 5 nitrogen and oxygen atoms in total. The van der Waals surface area contributed by atoms with Crippen molar-refractivity contribution in [1.82, 2.24) is 14.7 Å². The number of allylic oxidation sites excluding steroid dienone is 2. The van der Waals surface area contributed by atoms with Crippen LogP contribution in [0.5, 0.6) is 0 Å². The van der Waals surface area contributed by atoms with Crippen LogP contribution in [0.3, 0.4) is 0 Å². The summed E-state index contributed by atoms with van der Waals surface area (Å²) in [4.78, 5) is 14.9. The van der Waals surface area contributed by atoms with Gasteiger partial charge in [0, 0.05) is 36.5 Å². The summed E-state index contributed by atoms with van der Waals surface area (Å²) in [6.07, 6.45) is 3.98. The first kappa shape index (κ1) is 22.2. The number of nitrogens with one attached hydrogen (secondary N) is 1. The highest BCUT2D eigenvalue weighted by molar-refractivity contribution is 5.79. The number of amides is 1. The molecule has 8 heteroatoms. The lowest BCUT2D eigenvalue weighted by Gasteiger charge is -2.42. The number of nitrogens with zero attached hydrogens (tertiary/aromatic N) is 3. The zero-order chi connectivity index (χ0) is 22.4. The van der Waals surface area contributed by atoms with Gasteiger partial charge in [0.1, 0.15) is 5.82 Å². The van der Waals surface area contributed by atoms with Crippen LogP contribution in [0.2, 0.25) is 0 Å². The van der Waals surface area contributed by atoms with Crippen molar-refractivity contribution in [3.8, 4) is 0 Å². The number of fused-ring (bicyclic) bond motifs is 1. The van der Waals surface area contributed by atoms with Gasteiger partial charge in [0.2, 0.25) is 5.91 Å². The molecule has 3 aliphatic rings. The van der Waals surface area contributed by atoms with E-state index in [0.29, 0.717) is 24.6 Å². The number of rotatable bonds is 2. The molecule has 0 bridgehead atoms. The molecule has 0 radical (unpaired) electrons. The molecule has 4 rings (SSSR count). The minimum absolute atomic E-state index is 0.00317. The average Bonchev–Trinajstić information content (AvgIpc) is 3.17. The van der Waals surface area contributed by atoms with Crippen LogP contribution in [-0.2, 0) is 10.2 Å². The molecule has 4 atom stereocenters. The Morgan fingerprint density at radius 1 is 1.19 bits per heavy atom. The first-order valence-electron chi connectivity index (χ1n) is 11.4. The minimum Gasteiger partial charge on any atom is -0.367 e. The molecule has 1 aromatic rings. The molecule has 172 valence electrons. The number of anilines is 1. The van der Waals surface area contributed by atoms with Crippen molar-refractivity contribution in [2.45, 2.75) is 83.0 Å². The summed E-state index contributed by atoms with van der Waals surface area (Å²) >= 11 is 0. The molecule has 1 N–H and O–H groups in total. The first-order chi connectivity index (χ1) is 14.5. The maximum atomic E-state index is 14.0. The van der Waals surface area contributed by atoms with Crippen molar-refractivity contribution >= 4 is 11.7 Å². The minimum atomic E-state index is -4.37. The molecule has 3 heterocycles. The lowest BCUT2D eigenvalue weighted by Crippen LogP contribution is -2.50. The predicted octanol–water partition coefficient (Wildman–Crippen LogP) is 5.06. The highest BCUT2D eigenvalue weighted by atomic mass is 19.4. The van der Waals surface area contributed by atoms with E-state index < -0.39 is 12.2 Å². The SMILES string of the molecule is CC(C)(C)c1cc2n(n1)[C@@H](C(F)(F)F)C[C@@H]([C@@H]1CCCN(C(=O)[C@@H]3CC=CCC3)C1)N2. The summed E-state index contributed by atoms with van der Waals surface area (Å²) in [7, 11) is 0. The van der Waals surface area contributed by atoms with E-state index in [1.165, 1.54) is 0 Å². The molecule has 0 spiro atoms. The fourth-order valence-electron chi connectivity index (χ4n) is 5.09. The van der Waals surface area contributed by atoms with Crippen molar-refractivity contribution in [1.29, 1.82) is 0 Å². The number of likely N-dealkylation sites (tertiary alicyclic amines) is 1. The second-order valence-electron chi connectivity index (χ2n) is 10.3. The lowest BCUT2D eigenvalue weighted by atomic mass is 9.84. The van der Waals surface area contributed by atoms with Crippen molar-refractivity contribution in [3.63, 3.8) is 0 Å². The average molecular weight is 439 g/mol. The van der Waals surface area contributed by atoms with Gasteiger partial charge >= 0.3 is 6.18 Å². The Kier molecular flexibility index (Phi) is 5.85. The van der Waals surface area contributed by atoms with E-state index in [9.17, 15) is 18.0 Å². The number of aromatic nitrogens is 2. The number of hydrogen-bond acceptors (Lipinski definition) is 3. The smallest absolute Gasteiger partial charge is 0.367 e. The molecular formula is C23H33F3N4O.